The van der Waals surface area contributed by atoms with Crippen LogP contribution in [0, 0.1) is 11.6 Å². The lowest BCUT2D eigenvalue weighted by Crippen LogP contribution is -2.29. The highest BCUT2D eigenvalue weighted by atomic mass is 32.1. The summed E-state index contributed by atoms with van der Waals surface area (Å²) < 4.78 is 32.2. The van der Waals surface area contributed by atoms with Crippen molar-refractivity contribution in [1.82, 2.24) is 10.4 Å². The number of carbonyl (C=O) groups is 1. The minimum absolute atomic E-state index is 0.0467. The van der Waals surface area contributed by atoms with Crippen LogP contribution in [-0.4, -0.2) is 18.0 Å². The van der Waals surface area contributed by atoms with Crippen molar-refractivity contribution >= 4 is 32.6 Å². The number of methoxy groups -OCH3 is 1. The molecule has 23 heavy (non-hydrogen) atoms. The lowest BCUT2D eigenvalue weighted by Gasteiger charge is -2.08. The zero-order valence-electron chi connectivity index (χ0n) is 11.9. The fourth-order valence-corrected chi connectivity index (χ4v) is 2.88. The van der Waals surface area contributed by atoms with Crippen molar-refractivity contribution in [3.63, 3.8) is 0 Å². The molecule has 0 saturated carbocycles. The molecule has 0 aliphatic heterocycles. The number of benzene rings is 2. The minimum atomic E-state index is -0.750. The number of rotatable bonds is 4. The molecule has 2 N–H and O–H groups in total. The van der Waals surface area contributed by atoms with E-state index >= 15 is 0 Å². The first-order valence-electron chi connectivity index (χ1n) is 6.53. The standard InChI is InChI=1S/C15H11F2N3O2S/c1-22-11-5-3-2-4-9(11)14(21)19-20-15-18-13-10(17)6-8(16)7-12(13)23-15/h2-7H,1H3,(H,18,20)(H,19,21). The molecular formula is C15H11F2N3O2S. The van der Waals surface area contributed by atoms with Crippen molar-refractivity contribution in [3.8, 4) is 5.75 Å². The second-order valence-electron chi connectivity index (χ2n) is 4.53. The zero-order chi connectivity index (χ0) is 16.4. The van der Waals surface area contributed by atoms with Crippen molar-refractivity contribution < 1.29 is 18.3 Å². The molecule has 3 rings (SSSR count). The second-order valence-corrected chi connectivity index (χ2v) is 5.56. The van der Waals surface area contributed by atoms with Gasteiger partial charge in [-0.05, 0) is 18.2 Å². The molecule has 8 heteroatoms. The molecule has 0 atom stereocenters. The fraction of sp³-hybridized carbons (Fsp3) is 0.0667. The van der Waals surface area contributed by atoms with Crippen LogP contribution >= 0.6 is 11.3 Å². The van der Waals surface area contributed by atoms with Crippen LogP contribution in [0.25, 0.3) is 10.2 Å². The van der Waals surface area contributed by atoms with E-state index in [1.807, 2.05) is 0 Å². The molecule has 2 aromatic carbocycles. The topological polar surface area (TPSA) is 63.2 Å². The molecule has 0 fully saturated rings. The van der Waals surface area contributed by atoms with Gasteiger partial charge in [0.25, 0.3) is 5.91 Å². The van der Waals surface area contributed by atoms with Gasteiger partial charge in [0.05, 0.1) is 17.4 Å². The first-order valence-corrected chi connectivity index (χ1v) is 7.35. The van der Waals surface area contributed by atoms with Crippen LogP contribution in [0.1, 0.15) is 10.4 Å². The molecule has 1 aromatic heterocycles. The van der Waals surface area contributed by atoms with E-state index < -0.39 is 17.5 Å². The summed E-state index contributed by atoms with van der Waals surface area (Å²) in [6, 6.07) is 8.65. The van der Waals surface area contributed by atoms with E-state index in [0.29, 0.717) is 16.0 Å². The summed E-state index contributed by atoms with van der Waals surface area (Å²) in [7, 11) is 1.46. The van der Waals surface area contributed by atoms with E-state index in [0.717, 1.165) is 17.4 Å². The normalized spacial score (nSPS) is 10.6. The molecule has 0 spiro atoms. The molecule has 0 aliphatic rings. The Kier molecular flexibility index (Phi) is 4.07. The van der Waals surface area contributed by atoms with Gasteiger partial charge in [0, 0.05) is 6.07 Å². The summed E-state index contributed by atoms with van der Waals surface area (Å²) in [5.74, 6) is -1.44. The Morgan fingerprint density at radius 1 is 1.26 bits per heavy atom. The van der Waals surface area contributed by atoms with Crippen LogP contribution in [0.2, 0.25) is 0 Å². The van der Waals surface area contributed by atoms with E-state index in [2.05, 4.69) is 15.8 Å². The number of hydrogen-bond acceptors (Lipinski definition) is 5. The molecule has 0 bridgehead atoms. The lowest BCUT2D eigenvalue weighted by molar-refractivity contribution is 0.0959. The van der Waals surface area contributed by atoms with Crippen molar-refractivity contribution in [2.24, 2.45) is 0 Å². The minimum Gasteiger partial charge on any atom is -0.496 e. The molecule has 118 valence electrons. The molecule has 0 radical (unpaired) electrons. The summed E-state index contributed by atoms with van der Waals surface area (Å²) in [4.78, 5) is 16.1. The number of fused-ring (bicyclic) bond motifs is 1. The van der Waals surface area contributed by atoms with Crippen LogP contribution < -0.4 is 15.6 Å². The van der Waals surface area contributed by atoms with Gasteiger partial charge in [-0.3, -0.25) is 15.6 Å². The van der Waals surface area contributed by atoms with Gasteiger partial charge in [0.2, 0.25) is 5.13 Å². The SMILES string of the molecule is COc1ccccc1C(=O)NNc1nc2c(F)cc(F)cc2s1. The summed E-state index contributed by atoms with van der Waals surface area (Å²) in [6.45, 7) is 0. The van der Waals surface area contributed by atoms with Gasteiger partial charge in [-0.25, -0.2) is 13.8 Å². The molecular weight excluding hydrogens is 324 g/mol. The molecule has 0 aliphatic carbocycles. The third kappa shape index (κ3) is 3.07. The van der Waals surface area contributed by atoms with Gasteiger partial charge in [-0.15, -0.1) is 0 Å². The van der Waals surface area contributed by atoms with Crippen molar-refractivity contribution in [2.45, 2.75) is 0 Å². The number of halogens is 2. The Balaban J connectivity index is 1.78. The van der Waals surface area contributed by atoms with E-state index in [9.17, 15) is 13.6 Å². The van der Waals surface area contributed by atoms with Gasteiger partial charge < -0.3 is 4.74 Å². The first-order chi connectivity index (χ1) is 11.1. The van der Waals surface area contributed by atoms with Gasteiger partial charge in [0.15, 0.2) is 5.82 Å². The number of aromatic nitrogens is 1. The molecule has 1 heterocycles. The van der Waals surface area contributed by atoms with Gasteiger partial charge in [-0.2, -0.15) is 0 Å². The Morgan fingerprint density at radius 3 is 2.83 bits per heavy atom. The highest BCUT2D eigenvalue weighted by Gasteiger charge is 2.13. The number of para-hydroxylation sites is 1. The Hall–Kier alpha value is -2.74. The number of hydrazine groups is 1. The maximum atomic E-state index is 13.6. The number of carbonyl (C=O) groups excluding carboxylic acids is 1. The molecule has 5 nitrogen and oxygen atoms in total. The zero-order valence-corrected chi connectivity index (χ0v) is 12.7. The van der Waals surface area contributed by atoms with E-state index in [1.165, 1.54) is 13.2 Å². The first kappa shape index (κ1) is 15.2. The highest BCUT2D eigenvalue weighted by Crippen LogP contribution is 2.28. The maximum absolute atomic E-state index is 13.6. The predicted octanol–water partition coefficient (Wildman–Crippen LogP) is 3.34. The lowest BCUT2D eigenvalue weighted by atomic mass is 10.2. The van der Waals surface area contributed by atoms with Crippen LogP contribution in [0.5, 0.6) is 5.75 Å². The Morgan fingerprint density at radius 2 is 2.04 bits per heavy atom. The van der Waals surface area contributed by atoms with Crippen molar-refractivity contribution in [2.75, 3.05) is 12.5 Å². The highest BCUT2D eigenvalue weighted by molar-refractivity contribution is 7.22. The summed E-state index contributed by atoms with van der Waals surface area (Å²) in [5, 5.41) is 0.243. The van der Waals surface area contributed by atoms with Crippen molar-refractivity contribution in [3.05, 3.63) is 53.6 Å². The third-order valence-electron chi connectivity index (χ3n) is 3.05. The van der Waals surface area contributed by atoms with Crippen LogP contribution in [-0.2, 0) is 0 Å². The monoisotopic (exact) mass is 335 g/mol. The van der Waals surface area contributed by atoms with E-state index in [1.54, 1.807) is 24.3 Å². The van der Waals surface area contributed by atoms with Crippen molar-refractivity contribution in [1.29, 1.82) is 0 Å². The number of thiazole rings is 1. The average Bonchev–Trinajstić information content (AvgIpc) is 2.95. The molecule has 0 saturated heterocycles. The Bertz CT molecular complexity index is 882. The van der Waals surface area contributed by atoms with Crippen LogP contribution in [0.3, 0.4) is 0 Å². The van der Waals surface area contributed by atoms with Crippen LogP contribution in [0.4, 0.5) is 13.9 Å². The molecule has 3 aromatic rings. The maximum Gasteiger partial charge on any atom is 0.273 e. The average molecular weight is 335 g/mol. The molecule has 0 unspecified atom stereocenters. The second kappa shape index (κ2) is 6.17. The number of nitrogens with zero attached hydrogens (tertiary/aromatic N) is 1. The largest absolute Gasteiger partial charge is 0.496 e. The van der Waals surface area contributed by atoms with E-state index in [-0.39, 0.29) is 10.6 Å². The quantitative estimate of drug-likeness (QED) is 0.718. The Labute approximate surface area is 133 Å². The number of amides is 1. The van der Waals surface area contributed by atoms with E-state index in [4.69, 9.17) is 4.74 Å². The number of anilines is 1. The summed E-state index contributed by atoms with van der Waals surface area (Å²) >= 11 is 1.02. The third-order valence-corrected chi connectivity index (χ3v) is 3.97. The number of nitrogens with one attached hydrogen (secondary N) is 2. The smallest absolute Gasteiger partial charge is 0.273 e. The van der Waals surface area contributed by atoms with Crippen LogP contribution in [0.15, 0.2) is 36.4 Å². The van der Waals surface area contributed by atoms with Gasteiger partial charge in [-0.1, -0.05) is 23.5 Å². The van der Waals surface area contributed by atoms with Gasteiger partial charge >= 0.3 is 0 Å². The summed E-state index contributed by atoms with van der Waals surface area (Å²) in [6.07, 6.45) is 0. The fourth-order valence-electron chi connectivity index (χ4n) is 2.02. The predicted molar refractivity (Wildman–Crippen MR) is 83.6 cm³/mol. The number of hydrogen-bond donors (Lipinski definition) is 2. The van der Waals surface area contributed by atoms with Gasteiger partial charge in [0.1, 0.15) is 17.1 Å². The summed E-state index contributed by atoms with van der Waals surface area (Å²) in [5.41, 5.74) is 5.42. The number of ether oxygens (including phenoxy) is 1. The molecule has 1 amide bonds.